The van der Waals surface area contributed by atoms with E-state index < -0.39 is 10.0 Å². The number of rotatable bonds is 8. The molecular weight excluding hydrogens is 364 g/mol. The Morgan fingerprint density at radius 2 is 1.81 bits per heavy atom. The van der Waals surface area contributed by atoms with E-state index in [4.69, 9.17) is 4.74 Å². The molecule has 0 saturated heterocycles. The summed E-state index contributed by atoms with van der Waals surface area (Å²) in [5, 5.41) is 2.71. The molecule has 0 aliphatic carbocycles. The third kappa shape index (κ3) is 6.32. The first-order valence-corrected chi connectivity index (χ1v) is 9.95. The number of aryl methyl sites for hydroxylation is 2. The zero-order valence-corrected chi connectivity index (χ0v) is 16.5. The number of hydrogen-bond acceptors (Lipinski definition) is 4. The van der Waals surface area contributed by atoms with Crippen molar-refractivity contribution in [2.24, 2.45) is 0 Å². The second-order valence-electron chi connectivity index (χ2n) is 6.10. The van der Waals surface area contributed by atoms with Crippen molar-refractivity contribution in [1.29, 1.82) is 0 Å². The molecule has 0 unspecified atom stereocenters. The normalized spacial score (nSPS) is 11.7. The Morgan fingerprint density at radius 3 is 2.44 bits per heavy atom. The molecule has 0 aliphatic heterocycles. The van der Waals surface area contributed by atoms with E-state index in [0.717, 1.165) is 11.1 Å². The van der Waals surface area contributed by atoms with E-state index in [0.29, 0.717) is 12.3 Å². The molecule has 0 spiro atoms. The van der Waals surface area contributed by atoms with Crippen LogP contribution in [0.4, 0.5) is 5.69 Å². The molecule has 7 heteroatoms. The zero-order chi connectivity index (χ0) is 19.9. The summed E-state index contributed by atoms with van der Waals surface area (Å²) in [4.78, 5) is 12.2. The van der Waals surface area contributed by atoms with E-state index >= 15 is 0 Å². The lowest BCUT2D eigenvalue weighted by Crippen LogP contribution is -2.27. The minimum atomic E-state index is -3.59. The number of nitrogens with one attached hydrogen (secondary N) is 2. The molecular formula is C20H24N2O4S. The third-order valence-electron chi connectivity index (χ3n) is 3.87. The van der Waals surface area contributed by atoms with Crippen LogP contribution in [0.2, 0.25) is 0 Å². The van der Waals surface area contributed by atoms with Gasteiger partial charge in [0.05, 0.1) is 11.5 Å². The fourth-order valence-electron chi connectivity index (χ4n) is 2.44. The molecule has 0 heterocycles. The lowest BCUT2D eigenvalue weighted by atomic mass is 10.1. The summed E-state index contributed by atoms with van der Waals surface area (Å²) >= 11 is 0. The first kappa shape index (κ1) is 20.8. The molecule has 2 aromatic rings. The monoisotopic (exact) mass is 388 g/mol. The van der Waals surface area contributed by atoms with Crippen LogP contribution in [0.5, 0.6) is 0 Å². The van der Waals surface area contributed by atoms with Gasteiger partial charge in [0.15, 0.2) is 0 Å². The Kier molecular flexibility index (Phi) is 7.29. The number of methoxy groups -OCH3 is 1. The Morgan fingerprint density at radius 1 is 1.11 bits per heavy atom. The van der Waals surface area contributed by atoms with Crippen LogP contribution in [-0.2, 0) is 19.6 Å². The second kappa shape index (κ2) is 9.45. The molecule has 0 aliphatic rings. The summed E-state index contributed by atoms with van der Waals surface area (Å²) in [6.07, 6.45) is 3.21. The number of ether oxygens (including phenoxy) is 1. The van der Waals surface area contributed by atoms with E-state index in [1.54, 1.807) is 18.2 Å². The highest BCUT2D eigenvalue weighted by molar-refractivity contribution is 7.89. The topological polar surface area (TPSA) is 84.5 Å². The lowest BCUT2D eigenvalue weighted by Gasteiger charge is -2.07. The molecule has 2 aromatic carbocycles. The molecule has 6 nitrogen and oxygen atoms in total. The number of sulfonamides is 1. The van der Waals surface area contributed by atoms with Gasteiger partial charge >= 0.3 is 0 Å². The zero-order valence-electron chi connectivity index (χ0n) is 15.7. The van der Waals surface area contributed by atoms with Crippen molar-refractivity contribution >= 4 is 27.7 Å². The predicted molar refractivity (Wildman–Crippen MR) is 107 cm³/mol. The van der Waals surface area contributed by atoms with Gasteiger partial charge in [-0.3, -0.25) is 4.79 Å². The van der Waals surface area contributed by atoms with Gasteiger partial charge in [0.1, 0.15) is 0 Å². The summed E-state index contributed by atoms with van der Waals surface area (Å²) in [5.74, 6) is -0.288. The van der Waals surface area contributed by atoms with E-state index in [2.05, 4.69) is 16.1 Å². The molecule has 144 valence electrons. The molecule has 1 amide bonds. The summed E-state index contributed by atoms with van der Waals surface area (Å²) in [5.41, 5.74) is 3.75. The van der Waals surface area contributed by atoms with Gasteiger partial charge in [0.25, 0.3) is 0 Å². The Bertz CT molecular complexity index is 919. The number of amides is 1. The van der Waals surface area contributed by atoms with Crippen molar-refractivity contribution in [3.8, 4) is 0 Å². The van der Waals surface area contributed by atoms with Crippen LogP contribution in [0.15, 0.2) is 53.4 Å². The Balaban J connectivity index is 1.99. The fraction of sp³-hybridized carbons (Fsp3) is 0.250. The maximum absolute atomic E-state index is 12.1. The highest BCUT2D eigenvalue weighted by Gasteiger charge is 2.13. The van der Waals surface area contributed by atoms with Crippen LogP contribution >= 0.6 is 0 Å². The van der Waals surface area contributed by atoms with Gasteiger partial charge in [-0.15, -0.1) is 0 Å². The molecule has 2 N–H and O–H groups in total. The minimum absolute atomic E-state index is 0.127. The smallest absolute Gasteiger partial charge is 0.248 e. The van der Waals surface area contributed by atoms with Crippen LogP contribution in [0.1, 0.15) is 16.7 Å². The highest BCUT2D eigenvalue weighted by Crippen LogP contribution is 2.15. The van der Waals surface area contributed by atoms with Crippen molar-refractivity contribution in [1.82, 2.24) is 4.72 Å². The molecule has 0 saturated carbocycles. The van der Waals surface area contributed by atoms with Gasteiger partial charge in [0, 0.05) is 25.4 Å². The van der Waals surface area contributed by atoms with Crippen LogP contribution in [0.25, 0.3) is 6.08 Å². The summed E-state index contributed by atoms with van der Waals surface area (Å²) in [6, 6.07) is 12.0. The number of carbonyl (C=O) groups excluding carboxylic acids is 1. The van der Waals surface area contributed by atoms with E-state index in [1.165, 1.54) is 30.9 Å². The van der Waals surface area contributed by atoms with Gasteiger partial charge in [-0.05, 0) is 55.3 Å². The maximum Gasteiger partial charge on any atom is 0.248 e. The SMILES string of the molecule is COCCNS(=O)(=O)c1ccc(NC(=O)C=Cc2ccc(C)cc2C)cc1. The maximum atomic E-state index is 12.1. The second-order valence-corrected chi connectivity index (χ2v) is 7.86. The van der Waals surface area contributed by atoms with Gasteiger partial charge in [0.2, 0.25) is 15.9 Å². The summed E-state index contributed by atoms with van der Waals surface area (Å²) in [7, 11) is -2.09. The standard InChI is InChI=1S/C20H24N2O4S/c1-15-4-5-17(16(2)14-15)6-11-20(23)22-18-7-9-19(10-8-18)27(24,25)21-12-13-26-3/h4-11,14,21H,12-13H2,1-3H3,(H,22,23). The number of carbonyl (C=O) groups is 1. The van der Waals surface area contributed by atoms with Crippen molar-refractivity contribution < 1.29 is 17.9 Å². The van der Waals surface area contributed by atoms with Crippen molar-refractivity contribution in [3.05, 3.63) is 65.2 Å². The number of anilines is 1. The molecule has 0 atom stereocenters. The van der Waals surface area contributed by atoms with E-state index in [-0.39, 0.29) is 17.3 Å². The quantitative estimate of drug-likeness (QED) is 0.538. The molecule has 0 fully saturated rings. The first-order chi connectivity index (χ1) is 12.8. The highest BCUT2D eigenvalue weighted by atomic mass is 32.2. The first-order valence-electron chi connectivity index (χ1n) is 8.47. The van der Waals surface area contributed by atoms with Gasteiger partial charge in [-0.2, -0.15) is 0 Å². The van der Waals surface area contributed by atoms with E-state index in [9.17, 15) is 13.2 Å². The van der Waals surface area contributed by atoms with Crippen LogP contribution in [-0.4, -0.2) is 34.6 Å². The predicted octanol–water partition coefficient (Wildman–Crippen LogP) is 2.88. The molecule has 27 heavy (non-hydrogen) atoms. The number of hydrogen-bond donors (Lipinski definition) is 2. The van der Waals surface area contributed by atoms with Gasteiger partial charge in [-0.1, -0.05) is 23.8 Å². The molecule has 2 rings (SSSR count). The summed E-state index contributed by atoms with van der Waals surface area (Å²) in [6.45, 7) is 4.50. The molecule has 0 radical (unpaired) electrons. The average molecular weight is 388 g/mol. The van der Waals surface area contributed by atoms with Crippen LogP contribution < -0.4 is 10.0 Å². The van der Waals surface area contributed by atoms with Crippen molar-refractivity contribution in [2.75, 3.05) is 25.6 Å². The average Bonchev–Trinajstić information content (AvgIpc) is 2.61. The van der Waals surface area contributed by atoms with Gasteiger partial charge < -0.3 is 10.1 Å². The third-order valence-corrected chi connectivity index (χ3v) is 5.35. The Labute approximate surface area is 160 Å². The summed E-state index contributed by atoms with van der Waals surface area (Å²) < 4.78 is 31.4. The molecule has 0 bridgehead atoms. The van der Waals surface area contributed by atoms with Crippen molar-refractivity contribution in [3.63, 3.8) is 0 Å². The Hall–Kier alpha value is -2.48. The van der Waals surface area contributed by atoms with Crippen LogP contribution in [0.3, 0.4) is 0 Å². The largest absolute Gasteiger partial charge is 0.383 e. The van der Waals surface area contributed by atoms with Gasteiger partial charge in [-0.25, -0.2) is 13.1 Å². The fourth-order valence-corrected chi connectivity index (χ4v) is 3.45. The van der Waals surface area contributed by atoms with E-state index in [1.807, 2.05) is 26.0 Å². The minimum Gasteiger partial charge on any atom is -0.383 e. The van der Waals surface area contributed by atoms with Crippen molar-refractivity contribution in [2.45, 2.75) is 18.7 Å². The molecule has 0 aromatic heterocycles. The van der Waals surface area contributed by atoms with Crippen LogP contribution in [0, 0.1) is 13.8 Å². The number of benzene rings is 2. The lowest BCUT2D eigenvalue weighted by molar-refractivity contribution is -0.111.